The van der Waals surface area contributed by atoms with Gasteiger partial charge in [0.15, 0.2) is 11.5 Å². The van der Waals surface area contributed by atoms with E-state index in [1.54, 1.807) is 24.4 Å². The molecule has 0 aliphatic heterocycles. The molecule has 0 atom stereocenters. The van der Waals surface area contributed by atoms with Gasteiger partial charge < -0.3 is 24.8 Å². The molecule has 0 saturated carbocycles. The second kappa shape index (κ2) is 8.77. The normalized spacial score (nSPS) is 10.1. The van der Waals surface area contributed by atoms with E-state index in [2.05, 4.69) is 22.5 Å². The fraction of sp³-hybridized carbons (Fsp3) is 0.333. The third-order valence-corrected chi connectivity index (χ3v) is 3.50. The van der Waals surface area contributed by atoms with Gasteiger partial charge in [0.2, 0.25) is 5.75 Å². The van der Waals surface area contributed by atoms with Crippen LogP contribution in [0.2, 0.25) is 0 Å². The molecule has 0 radical (unpaired) electrons. The van der Waals surface area contributed by atoms with Gasteiger partial charge in [-0.3, -0.25) is 4.79 Å². The highest BCUT2D eigenvalue weighted by Gasteiger charge is 2.17. The van der Waals surface area contributed by atoms with Gasteiger partial charge in [-0.2, -0.15) is 0 Å². The summed E-state index contributed by atoms with van der Waals surface area (Å²) in [5.74, 6) is 1.76. The van der Waals surface area contributed by atoms with Crippen LogP contribution in [-0.2, 0) is 0 Å². The number of amides is 1. The van der Waals surface area contributed by atoms with Crippen molar-refractivity contribution >= 4 is 17.4 Å². The molecule has 2 N–H and O–H groups in total. The molecule has 7 heteroatoms. The minimum Gasteiger partial charge on any atom is -0.493 e. The number of carbonyl (C=O) groups excluding carboxylic acids is 1. The van der Waals surface area contributed by atoms with Gasteiger partial charge >= 0.3 is 0 Å². The predicted octanol–water partition coefficient (Wildman–Crippen LogP) is 3.18. The summed E-state index contributed by atoms with van der Waals surface area (Å²) in [4.78, 5) is 16.8. The zero-order valence-electron chi connectivity index (χ0n) is 14.9. The number of methoxy groups -OCH3 is 3. The molecule has 1 aromatic heterocycles. The van der Waals surface area contributed by atoms with E-state index in [1.165, 1.54) is 21.3 Å². The van der Waals surface area contributed by atoms with Crippen molar-refractivity contribution in [1.82, 2.24) is 4.98 Å². The SMILES string of the molecule is CCCNc1ccc(NC(=O)c2cc(OC)c(OC)c(OC)c2)cn1. The maximum absolute atomic E-state index is 12.5. The number of nitrogens with one attached hydrogen (secondary N) is 2. The maximum Gasteiger partial charge on any atom is 0.255 e. The highest BCUT2D eigenvalue weighted by atomic mass is 16.5. The van der Waals surface area contributed by atoms with Gasteiger partial charge in [0.25, 0.3) is 5.91 Å². The lowest BCUT2D eigenvalue weighted by molar-refractivity contribution is 0.102. The highest BCUT2D eigenvalue weighted by Crippen LogP contribution is 2.38. The van der Waals surface area contributed by atoms with Crippen LogP contribution in [0, 0.1) is 0 Å². The zero-order valence-corrected chi connectivity index (χ0v) is 14.9. The number of ether oxygens (including phenoxy) is 3. The number of aromatic nitrogens is 1. The average molecular weight is 345 g/mol. The van der Waals surface area contributed by atoms with Crippen molar-refractivity contribution < 1.29 is 19.0 Å². The number of nitrogens with zero attached hydrogens (tertiary/aromatic N) is 1. The Kier molecular flexibility index (Phi) is 6.45. The molecule has 0 fully saturated rings. The highest BCUT2D eigenvalue weighted by molar-refractivity contribution is 6.05. The number of anilines is 2. The molecule has 1 amide bonds. The maximum atomic E-state index is 12.5. The Morgan fingerprint density at radius 3 is 2.24 bits per heavy atom. The van der Waals surface area contributed by atoms with Crippen LogP contribution in [0.4, 0.5) is 11.5 Å². The number of pyridine rings is 1. The molecule has 0 unspecified atom stereocenters. The van der Waals surface area contributed by atoms with E-state index >= 15 is 0 Å². The van der Waals surface area contributed by atoms with Gasteiger partial charge in [-0.05, 0) is 30.7 Å². The molecule has 134 valence electrons. The molecule has 2 rings (SSSR count). The summed E-state index contributed by atoms with van der Waals surface area (Å²) in [6.45, 7) is 2.93. The number of rotatable bonds is 8. The summed E-state index contributed by atoms with van der Waals surface area (Å²) in [7, 11) is 4.52. The molecule has 1 heterocycles. The minimum atomic E-state index is -0.296. The fourth-order valence-corrected chi connectivity index (χ4v) is 2.24. The van der Waals surface area contributed by atoms with Crippen molar-refractivity contribution in [3.8, 4) is 17.2 Å². The fourth-order valence-electron chi connectivity index (χ4n) is 2.24. The summed E-state index contributed by atoms with van der Waals surface area (Å²) < 4.78 is 15.8. The average Bonchev–Trinajstić information content (AvgIpc) is 2.66. The lowest BCUT2D eigenvalue weighted by Gasteiger charge is -2.14. The molecule has 0 aliphatic rings. The van der Waals surface area contributed by atoms with Crippen LogP contribution in [0.1, 0.15) is 23.7 Å². The first kappa shape index (κ1) is 18.4. The van der Waals surface area contributed by atoms with Crippen molar-refractivity contribution in [3.63, 3.8) is 0 Å². The van der Waals surface area contributed by atoms with Crippen LogP contribution in [0.3, 0.4) is 0 Å². The van der Waals surface area contributed by atoms with Gasteiger partial charge in [-0.1, -0.05) is 6.92 Å². The zero-order chi connectivity index (χ0) is 18.2. The molecule has 2 aromatic rings. The molecular weight excluding hydrogens is 322 g/mol. The first-order valence-corrected chi connectivity index (χ1v) is 7.94. The third-order valence-electron chi connectivity index (χ3n) is 3.50. The quantitative estimate of drug-likeness (QED) is 0.765. The Hall–Kier alpha value is -2.96. The van der Waals surface area contributed by atoms with Crippen molar-refractivity contribution in [2.75, 3.05) is 38.5 Å². The van der Waals surface area contributed by atoms with Gasteiger partial charge in [0, 0.05) is 12.1 Å². The second-order valence-electron chi connectivity index (χ2n) is 5.23. The monoisotopic (exact) mass is 345 g/mol. The number of hydrogen-bond acceptors (Lipinski definition) is 6. The Bertz CT molecular complexity index is 692. The first-order valence-electron chi connectivity index (χ1n) is 7.94. The van der Waals surface area contributed by atoms with Crippen LogP contribution >= 0.6 is 0 Å². The van der Waals surface area contributed by atoms with Crippen LogP contribution < -0.4 is 24.8 Å². The molecule has 0 aliphatic carbocycles. The summed E-state index contributed by atoms with van der Waals surface area (Å²) in [5, 5.41) is 5.98. The smallest absolute Gasteiger partial charge is 0.255 e. The van der Waals surface area contributed by atoms with Gasteiger partial charge in [0.1, 0.15) is 5.82 Å². The lowest BCUT2D eigenvalue weighted by Crippen LogP contribution is -2.13. The topological polar surface area (TPSA) is 81.7 Å². The summed E-state index contributed by atoms with van der Waals surface area (Å²) in [6, 6.07) is 6.81. The van der Waals surface area contributed by atoms with E-state index in [0.717, 1.165) is 18.8 Å². The summed E-state index contributed by atoms with van der Waals surface area (Å²) in [6.07, 6.45) is 2.62. The molecule has 0 spiro atoms. The Labute approximate surface area is 147 Å². The third kappa shape index (κ3) is 4.53. The van der Waals surface area contributed by atoms with Gasteiger partial charge in [0.05, 0.1) is 33.2 Å². The van der Waals surface area contributed by atoms with Crippen molar-refractivity contribution in [2.45, 2.75) is 13.3 Å². The minimum absolute atomic E-state index is 0.296. The first-order chi connectivity index (χ1) is 12.1. The summed E-state index contributed by atoms with van der Waals surface area (Å²) >= 11 is 0. The second-order valence-corrected chi connectivity index (χ2v) is 5.23. The van der Waals surface area contributed by atoms with Crippen molar-refractivity contribution in [3.05, 3.63) is 36.0 Å². The van der Waals surface area contributed by atoms with E-state index in [-0.39, 0.29) is 5.91 Å². The number of carbonyl (C=O) groups is 1. The standard InChI is InChI=1S/C18H23N3O4/c1-5-8-19-16-7-6-13(11-20-16)21-18(22)12-9-14(23-2)17(25-4)15(10-12)24-3/h6-7,9-11H,5,8H2,1-4H3,(H,19,20)(H,21,22). The molecule has 0 saturated heterocycles. The van der Waals surface area contributed by atoms with Crippen LogP contribution in [-0.4, -0.2) is 38.8 Å². The van der Waals surface area contributed by atoms with Gasteiger partial charge in [-0.25, -0.2) is 4.98 Å². The molecule has 7 nitrogen and oxygen atoms in total. The van der Waals surface area contributed by atoms with E-state index in [9.17, 15) is 4.79 Å². The van der Waals surface area contributed by atoms with Crippen LogP contribution in [0.15, 0.2) is 30.5 Å². The predicted molar refractivity (Wildman–Crippen MR) is 97.1 cm³/mol. The largest absolute Gasteiger partial charge is 0.493 e. The van der Waals surface area contributed by atoms with Crippen LogP contribution in [0.5, 0.6) is 17.2 Å². The molecule has 0 bridgehead atoms. The van der Waals surface area contributed by atoms with Crippen molar-refractivity contribution in [2.24, 2.45) is 0 Å². The molecule has 25 heavy (non-hydrogen) atoms. The van der Waals surface area contributed by atoms with E-state index in [4.69, 9.17) is 14.2 Å². The van der Waals surface area contributed by atoms with E-state index in [1.807, 2.05) is 6.07 Å². The number of benzene rings is 1. The lowest BCUT2D eigenvalue weighted by atomic mass is 10.1. The Morgan fingerprint density at radius 1 is 1.08 bits per heavy atom. The molecule has 1 aromatic carbocycles. The van der Waals surface area contributed by atoms with Crippen molar-refractivity contribution in [1.29, 1.82) is 0 Å². The summed E-state index contributed by atoms with van der Waals surface area (Å²) in [5.41, 5.74) is 0.989. The Balaban J connectivity index is 2.17. The molecular formula is C18H23N3O4. The van der Waals surface area contributed by atoms with Crippen LogP contribution in [0.25, 0.3) is 0 Å². The number of hydrogen-bond donors (Lipinski definition) is 2. The Morgan fingerprint density at radius 2 is 1.76 bits per heavy atom. The van der Waals surface area contributed by atoms with E-state index in [0.29, 0.717) is 28.5 Å². The van der Waals surface area contributed by atoms with E-state index < -0.39 is 0 Å². The van der Waals surface area contributed by atoms with Gasteiger partial charge in [-0.15, -0.1) is 0 Å².